The molecule has 3 rings (SSSR count). The number of pyridine rings is 1. The second-order valence-corrected chi connectivity index (χ2v) is 4.84. The van der Waals surface area contributed by atoms with Crippen LogP contribution >= 0.6 is 0 Å². The summed E-state index contributed by atoms with van der Waals surface area (Å²) in [6, 6.07) is 11.6. The third kappa shape index (κ3) is 2.71. The Hall–Kier alpha value is -3.02. The largest absolute Gasteiger partial charge is 0.307 e. The molecule has 0 unspecified atom stereocenters. The number of benzene rings is 1. The quantitative estimate of drug-likeness (QED) is 0.878. The zero-order chi connectivity index (χ0) is 15.5. The first-order chi connectivity index (χ1) is 10.6. The van der Waals surface area contributed by atoms with E-state index in [2.05, 4.69) is 10.3 Å². The fourth-order valence-corrected chi connectivity index (χ4v) is 2.25. The molecule has 1 aromatic heterocycles. The molecule has 22 heavy (non-hydrogen) atoms. The number of imide groups is 1. The van der Waals surface area contributed by atoms with Crippen LogP contribution in [0.25, 0.3) is 0 Å². The van der Waals surface area contributed by atoms with E-state index in [4.69, 9.17) is 0 Å². The first-order valence-corrected chi connectivity index (χ1v) is 6.83. The Balaban J connectivity index is 1.75. The lowest BCUT2D eigenvalue weighted by Crippen LogP contribution is -2.28. The average Bonchev–Trinajstić information content (AvgIpc) is 2.87. The Morgan fingerprint density at radius 2 is 1.68 bits per heavy atom. The van der Waals surface area contributed by atoms with Gasteiger partial charge < -0.3 is 5.32 Å². The van der Waals surface area contributed by atoms with Crippen LogP contribution in [0.5, 0.6) is 0 Å². The third-order valence-corrected chi connectivity index (χ3v) is 3.35. The van der Waals surface area contributed by atoms with Gasteiger partial charge >= 0.3 is 0 Å². The number of hydrogen-bond acceptors (Lipinski definition) is 4. The van der Waals surface area contributed by atoms with Gasteiger partial charge in [-0.1, -0.05) is 6.07 Å². The van der Waals surface area contributed by atoms with Crippen LogP contribution in [-0.2, 0) is 9.59 Å². The molecule has 0 spiro atoms. The molecule has 0 atom stereocenters. The van der Waals surface area contributed by atoms with Crippen LogP contribution in [0.15, 0.2) is 48.7 Å². The fourth-order valence-electron chi connectivity index (χ4n) is 2.25. The highest BCUT2D eigenvalue weighted by molar-refractivity contribution is 6.20. The van der Waals surface area contributed by atoms with Crippen molar-refractivity contribution in [2.75, 3.05) is 10.2 Å². The molecule has 2 aromatic rings. The molecule has 0 saturated carbocycles. The Morgan fingerprint density at radius 3 is 2.27 bits per heavy atom. The number of hydrogen-bond donors (Lipinski definition) is 1. The summed E-state index contributed by atoms with van der Waals surface area (Å²) < 4.78 is 0. The van der Waals surface area contributed by atoms with Gasteiger partial charge in [-0.2, -0.15) is 0 Å². The van der Waals surface area contributed by atoms with E-state index in [0.29, 0.717) is 17.1 Å². The minimum absolute atomic E-state index is 0.212. The fraction of sp³-hybridized carbons (Fsp3) is 0.125. The highest BCUT2D eigenvalue weighted by Crippen LogP contribution is 2.22. The molecule has 0 aliphatic carbocycles. The summed E-state index contributed by atoms with van der Waals surface area (Å²) in [6.07, 6.45) is 2.06. The van der Waals surface area contributed by atoms with Gasteiger partial charge in [0.15, 0.2) is 0 Å². The molecule has 110 valence electrons. The Kier molecular flexibility index (Phi) is 3.65. The van der Waals surface area contributed by atoms with Crippen molar-refractivity contribution in [2.45, 2.75) is 12.8 Å². The molecule has 6 nitrogen and oxygen atoms in total. The van der Waals surface area contributed by atoms with E-state index < -0.39 is 0 Å². The van der Waals surface area contributed by atoms with Gasteiger partial charge in [0, 0.05) is 24.6 Å². The minimum Gasteiger partial charge on any atom is -0.307 e. The number of carbonyl (C=O) groups excluding carboxylic acids is 3. The smallest absolute Gasteiger partial charge is 0.256 e. The third-order valence-electron chi connectivity index (χ3n) is 3.35. The van der Waals surface area contributed by atoms with Crippen molar-refractivity contribution in [2.24, 2.45) is 0 Å². The van der Waals surface area contributed by atoms with E-state index in [0.717, 1.165) is 4.90 Å². The van der Waals surface area contributed by atoms with Gasteiger partial charge in [0.05, 0.1) is 5.69 Å². The summed E-state index contributed by atoms with van der Waals surface area (Å²) in [5.41, 5.74) is 0.912. The summed E-state index contributed by atoms with van der Waals surface area (Å²) in [6.45, 7) is 0. The summed E-state index contributed by atoms with van der Waals surface area (Å²) in [4.78, 5) is 40.6. The van der Waals surface area contributed by atoms with Crippen molar-refractivity contribution < 1.29 is 14.4 Å². The summed E-state index contributed by atoms with van der Waals surface area (Å²) >= 11 is 0. The molecule has 0 radical (unpaired) electrons. The lowest BCUT2D eigenvalue weighted by atomic mass is 10.2. The lowest BCUT2D eigenvalue weighted by Gasteiger charge is -2.14. The van der Waals surface area contributed by atoms with E-state index in [9.17, 15) is 14.4 Å². The van der Waals surface area contributed by atoms with Crippen LogP contribution in [0, 0.1) is 0 Å². The second-order valence-electron chi connectivity index (χ2n) is 4.84. The molecule has 3 amide bonds. The summed E-state index contributed by atoms with van der Waals surface area (Å²) in [5, 5.41) is 2.67. The first-order valence-electron chi connectivity index (χ1n) is 6.83. The van der Waals surface area contributed by atoms with Gasteiger partial charge in [-0.15, -0.1) is 0 Å². The van der Waals surface area contributed by atoms with Crippen molar-refractivity contribution >= 4 is 29.2 Å². The van der Waals surface area contributed by atoms with Crippen LogP contribution in [0.2, 0.25) is 0 Å². The molecule has 6 heteroatoms. The lowest BCUT2D eigenvalue weighted by molar-refractivity contribution is -0.121. The van der Waals surface area contributed by atoms with Crippen molar-refractivity contribution in [3.05, 3.63) is 54.2 Å². The van der Waals surface area contributed by atoms with Crippen LogP contribution in [0.1, 0.15) is 23.2 Å². The van der Waals surface area contributed by atoms with E-state index in [1.807, 2.05) is 0 Å². The molecular weight excluding hydrogens is 282 g/mol. The maximum atomic E-state index is 12.1. The van der Waals surface area contributed by atoms with Crippen molar-refractivity contribution in [3.63, 3.8) is 0 Å². The molecular formula is C16H13N3O3. The summed E-state index contributed by atoms with van der Waals surface area (Å²) in [5.74, 6) is -0.267. The number of rotatable bonds is 3. The molecule has 1 aliphatic rings. The van der Waals surface area contributed by atoms with E-state index in [-0.39, 0.29) is 30.6 Å². The van der Waals surface area contributed by atoms with Gasteiger partial charge in [-0.05, 0) is 36.4 Å². The Morgan fingerprint density at radius 1 is 1.00 bits per heavy atom. The van der Waals surface area contributed by atoms with Gasteiger partial charge in [0.2, 0.25) is 11.8 Å². The van der Waals surface area contributed by atoms with Gasteiger partial charge in [-0.3, -0.25) is 19.3 Å². The van der Waals surface area contributed by atoms with Gasteiger partial charge in [0.1, 0.15) is 5.82 Å². The molecule has 0 bridgehead atoms. The van der Waals surface area contributed by atoms with E-state index >= 15 is 0 Å². The SMILES string of the molecule is O=C(Nc1ccccn1)c1ccc(N2C(=O)CCC2=O)cc1. The number of nitrogens with zero attached hydrogens (tertiary/aromatic N) is 2. The van der Waals surface area contributed by atoms with E-state index in [1.54, 1.807) is 48.7 Å². The minimum atomic E-state index is -0.302. The second kappa shape index (κ2) is 5.77. The molecule has 1 aliphatic heterocycles. The van der Waals surface area contributed by atoms with Crippen molar-refractivity contribution in [3.8, 4) is 0 Å². The van der Waals surface area contributed by atoms with Crippen molar-refractivity contribution in [1.82, 2.24) is 4.98 Å². The van der Waals surface area contributed by atoms with Crippen LogP contribution in [-0.4, -0.2) is 22.7 Å². The normalized spacial score (nSPS) is 14.3. The molecule has 1 aromatic carbocycles. The first kappa shape index (κ1) is 13.9. The van der Waals surface area contributed by atoms with Crippen LogP contribution < -0.4 is 10.2 Å². The van der Waals surface area contributed by atoms with Crippen molar-refractivity contribution in [1.29, 1.82) is 0 Å². The Bertz CT molecular complexity index is 710. The monoisotopic (exact) mass is 295 g/mol. The van der Waals surface area contributed by atoms with Gasteiger partial charge in [0.25, 0.3) is 5.91 Å². The predicted octanol–water partition coefficient (Wildman–Crippen LogP) is 1.99. The summed E-state index contributed by atoms with van der Waals surface area (Å²) in [7, 11) is 0. The number of nitrogens with one attached hydrogen (secondary N) is 1. The molecule has 2 heterocycles. The number of amides is 3. The zero-order valence-electron chi connectivity index (χ0n) is 11.7. The van der Waals surface area contributed by atoms with Crippen LogP contribution in [0.4, 0.5) is 11.5 Å². The number of aromatic nitrogens is 1. The number of carbonyl (C=O) groups is 3. The van der Waals surface area contributed by atoms with Crippen LogP contribution in [0.3, 0.4) is 0 Å². The zero-order valence-corrected chi connectivity index (χ0v) is 11.7. The maximum absolute atomic E-state index is 12.1. The highest BCUT2D eigenvalue weighted by Gasteiger charge is 2.30. The molecule has 1 fully saturated rings. The average molecular weight is 295 g/mol. The van der Waals surface area contributed by atoms with Gasteiger partial charge in [-0.25, -0.2) is 4.98 Å². The topological polar surface area (TPSA) is 79.4 Å². The Labute approximate surface area is 126 Å². The highest BCUT2D eigenvalue weighted by atomic mass is 16.2. The maximum Gasteiger partial charge on any atom is 0.256 e. The molecule has 1 N–H and O–H groups in total. The van der Waals surface area contributed by atoms with E-state index in [1.165, 1.54) is 0 Å². The predicted molar refractivity (Wildman–Crippen MR) is 80.4 cm³/mol. The molecule has 1 saturated heterocycles. The standard InChI is InChI=1S/C16H13N3O3/c20-14-8-9-15(21)19(14)12-6-4-11(5-7-12)16(22)18-13-3-1-2-10-17-13/h1-7,10H,8-9H2,(H,17,18,22). The number of anilines is 2.